The molecule has 1 saturated heterocycles. The SMILES string of the molecule is O=C1CC2Oc3c(O)ccc4c3C23CC(CC4)OC3C1. The maximum atomic E-state index is 12.0. The fourth-order valence-corrected chi connectivity index (χ4v) is 4.81. The minimum atomic E-state index is -0.196. The van der Waals surface area contributed by atoms with Gasteiger partial charge in [0.25, 0.3) is 0 Å². The number of ether oxygens (including phenoxy) is 2. The fourth-order valence-electron chi connectivity index (χ4n) is 4.81. The van der Waals surface area contributed by atoms with Crippen molar-refractivity contribution in [2.24, 2.45) is 0 Å². The van der Waals surface area contributed by atoms with E-state index in [2.05, 4.69) is 0 Å². The van der Waals surface area contributed by atoms with Crippen LogP contribution in [0.2, 0.25) is 0 Å². The van der Waals surface area contributed by atoms with Crippen LogP contribution in [-0.2, 0) is 21.4 Å². The summed E-state index contributed by atoms with van der Waals surface area (Å²) in [6, 6.07) is 3.74. The Kier molecular flexibility index (Phi) is 1.88. The lowest BCUT2D eigenvalue weighted by Crippen LogP contribution is -2.51. The third-order valence-corrected chi connectivity index (χ3v) is 5.58. The first kappa shape index (κ1) is 11.1. The van der Waals surface area contributed by atoms with Crippen LogP contribution in [0.25, 0.3) is 0 Å². The Morgan fingerprint density at radius 2 is 2.10 bits per heavy atom. The number of ketones is 1. The predicted octanol–water partition coefficient (Wildman–Crippen LogP) is 1.86. The number of hydrogen-bond donors (Lipinski definition) is 1. The number of benzene rings is 1. The highest BCUT2D eigenvalue weighted by atomic mass is 16.5. The van der Waals surface area contributed by atoms with Crippen molar-refractivity contribution in [2.45, 2.75) is 55.8 Å². The fraction of sp³-hybridized carbons (Fsp3) is 0.562. The van der Waals surface area contributed by atoms with Crippen LogP contribution in [0.3, 0.4) is 0 Å². The van der Waals surface area contributed by atoms with Gasteiger partial charge in [-0.1, -0.05) is 6.07 Å². The molecule has 2 bridgehead atoms. The highest BCUT2D eigenvalue weighted by Gasteiger charge is 2.64. The minimum Gasteiger partial charge on any atom is -0.504 e. The molecule has 4 heteroatoms. The highest BCUT2D eigenvalue weighted by molar-refractivity contribution is 5.82. The summed E-state index contributed by atoms with van der Waals surface area (Å²) in [5.41, 5.74) is 2.21. The third-order valence-electron chi connectivity index (χ3n) is 5.58. The first-order valence-electron chi connectivity index (χ1n) is 7.37. The Bertz CT molecular complexity index is 638. The molecule has 2 heterocycles. The number of carbonyl (C=O) groups is 1. The van der Waals surface area contributed by atoms with Gasteiger partial charge in [-0.2, -0.15) is 0 Å². The number of rotatable bonds is 0. The number of aryl methyl sites for hydroxylation is 1. The summed E-state index contributed by atoms with van der Waals surface area (Å²) in [5, 5.41) is 10.1. The topological polar surface area (TPSA) is 55.8 Å². The molecular weight excluding hydrogens is 256 g/mol. The lowest BCUT2D eigenvalue weighted by molar-refractivity contribution is -0.129. The molecule has 2 aliphatic heterocycles. The van der Waals surface area contributed by atoms with Crippen molar-refractivity contribution in [3.63, 3.8) is 0 Å². The molecule has 5 rings (SSSR count). The molecule has 20 heavy (non-hydrogen) atoms. The first-order chi connectivity index (χ1) is 9.68. The highest BCUT2D eigenvalue weighted by Crippen LogP contribution is 2.61. The molecule has 4 unspecified atom stereocenters. The molecule has 2 fully saturated rings. The Balaban J connectivity index is 1.82. The van der Waals surface area contributed by atoms with Gasteiger partial charge in [-0.05, 0) is 30.9 Å². The standard InChI is InChI=1S/C16H16O4/c17-9-5-12-16-7-10(19-12)3-1-8-2-4-11(18)15(14(8)16)20-13(16)6-9/h2,4,10,12-13,18H,1,3,5-7H2. The van der Waals surface area contributed by atoms with Crippen molar-refractivity contribution in [3.8, 4) is 11.5 Å². The number of Topliss-reactive ketones (excluding diaryl/α,β-unsaturated/α-hetero) is 1. The number of hydrogen-bond acceptors (Lipinski definition) is 4. The third kappa shape index (κ3) is 1.11. The van der Waals surface area contributed by atoms with Gasteiger partial charge in [0.1, 0.15) is 11.9 Å². The summed E-state index contributed by atoms with van der Waals surface area (Å²) < 4.78 is 12.2. The van der Waals surface area contributed by atoms with Crippen molar-refractivity contribution in [3.05, 3.63) is 23.3 Å². The van der Waals surface area contributed by atoms with Gasteiger partial charge in [0, 0.05) is 18.4 Å². The first-order valence-corrected chi connectivity index (χ1v) is 7.37. The van der Waals surface area contributed by atoms with Crippen LogP contribution in [0.5, 0.6) is 11.5 Å². The van der Waals surface area contributed by atoms with Crippen LogP contribution in [-0.4, -0.2) is 29.2 Å². The van der Waals surface area contributed by atoms with Crippen molar-refractivity contribution in [1.82, 2.24) is 0 Å². The van der Waals surface area contributed by atoms with E-state index in [4.69, 9.17) is 9.47 Å². The Hall–Kier alpha value is -1.55. The van der Waals surface area contributed by atoms with Gasteiger partial charge in [-0.15, -0.1) is 0 Å². The van der Waals surface area contributed by atoms with Crippen molar-refractivity contribution in [2.75, 3.05) is 0 Å². The maximum absolute atomic E-state index is 12.0. The zero-order valence-electron chi connectivity index (χ0n) is 11.1. The molecule has 4 aliphatic rings. The average Bonchev–Trinajstić information content (AvgIpc) is 2.87. The molecule has 1 saturated carbocycles. The molecule has 104 valence electrons. The number of fused-ring (bicyclic) bond motifs is 1. The van der Waals surface area contributed by atoms with E-state index in [1.165, 1.54) is 5.56 Å². The van der Waals surface area contributed by atoms with E-state index in [0.29, 0.717) is 18.6 Å². The molecule has 4 atom stereocenters. The van der Waals surface area contributed by atoms with Crippen LogP contribution < -0.4 is 4.74 Å². The molecule has 0 amide bonds. The largest absolute Gasteiger partial charge is 0.504 e. The summed E-state index contributed by atoms with van der Waals surface area (Å²) in [5.74, 6) is 1.02. The summed E-state index contributed by atoms with van der Waals surface area (Å²) in [6.07, 6.45) is 3.82. The predicted molar refractivity (Wildman–Crippen MR) is 70.0 cm³/mol. The van der Waals surface area contributed by atoms with Crippen LogP contribution in [0.4, 0.5) is 0 Å². The van der Waals surface area contributed by atoms with Crippen molar-refractivity contribution >= 4 is 5.78 Å². The van der Waals surface area contributed by atoms with Gasteiger partial charge in [0.2, 0.25) is 0 Å². The van der Waals surface area contributed by atoms with E-state index in [1.54, 1.807) is 6.07 Å². The van der Waals surface area contributed by atoms with Gasteiger partial charge in [0.05, 0.1) is 17.6 Å². The average molecular weight is 272 g/mol. The number of aromatic hydroxyl groups is 1. The molecule has 1 aromatic rings. The van der Waals surface area contributed by atoms with Crippen LogP contribution >= 0.6 is 0 Å². The Morgan fingerprint density at radius 3 is 3.00 bits per heavy atom. The van der Waals surface area contributed by atoms with Gasteiger partial charge in [0.15, 0.2) is 11.5 Å². The second-order valence-corrected chi connectivity index (χ2v) is 6.53. The molecule has 1 spiro atoms. The summed E-state index contributed by atoms with van der Waals surface area (Å²) in [7, 11) is 0. The second kappa shape index (κ2) is 3.37. The number of phenolic OH excluding ortho intramolecular Hbond substituents is 1. The molecule has 2 aliphatic carbocycles. The van der Waals surface area contributed by atoms with E-state index < -0.39 is 0 Å². The van der Waals surface area contributed by atoms with E-state index in [9.17, 15) is 9.90 Å². The van der Waals surface area contributed by atoms with Gasteiger partial charge < -0.3 is 14.6 Å². The minimum absolute atomic E-state index is 0.0687. The monoisotopic (exact) mass is 272 g/mol. The van der Waals surface area contributed by atoms with E-state index >= 15 is 0 Å². The molecule has 1 aromatic carbocycles. The Labute approximate surface area is 116 Å². The summed E-state index contributed by atoms with van der Waals surface area (Å²) >= 11 is 0. The van der Waals surface area contributed by atoms with Crippen molar-refractivity contribution < 1.29 is 19.4 Å². The number of carbonyl (C=O) groups excluding carboxylic acids is 1. The van der Waals surface area contributed by atoms with E-state index in [-0.39, 0.29) is 35.3 Å². The summed E-state index contributed by atoms with van der Waals surface area (Å²) in [4.78, 5) is 12.0. The smallest absolute Gasteiger partial charge is 0.165 e. The normalized spacial score (nSPS) is 40.2. The van der Waals surface area contributed by atoms with Crippen LogP contribution in [0.1, 0.15) is 36.8 Å². The second-order valence-electron chi connectivity index (χ2n) is 6.53. The number of phenols is 1. The van der Waals surface area contributed by atoms with Crippen LogP contribution in [0, 0.1) is 0 Å². The molecular formula is C16H16O4. The van der Waals surface area contributed by atoms with Crippen molar-refractivity contribution in [1.29, 1.82) is 0 Å². The van der Waals surface area contributed by atoms with Crippen LogP contribution in [0.15, 0.2) is 12.1 Å². The molecule has 1 N–H and O–H groups in total. The quantitative estimate of drug-likeness (QED) is 0.783. The zero-order valence-corrected chi connectivity index (χ0v) is 11.1. The van der Waals surface area contributed by atoms with Gasteiger partial charge in [-0.25, -0.2) is 0 Å². The summed E-state index contributed by atoms with van der Waals surface area (Å²) in [6.45, 7) is 0. The molecule has 0 aromatic heterocycles. The van der Waals surface area contributed by atoms with Gasteiger partial charge >= 0.3 is 0 Å². The lowest BCUT2D eigenvalue weighted by atomic mass is 9.65. The Morgan fingerprint density at radius 1 is 1.25 bits per heavy atom. The van der Waals surface area contributed by atoms with Gasteiger partial charge in [-0.3, -0.25) is 4.79 Å². The zero-order chi connectivity index (χ0) is 13.5. The molecule has 4 nitrogen and oxygen atoms in total. The van der Waals surface area contributed by atoms with E-state index in [1.807, 2.05) is 6.07 Å². The van der Waals surface area contributed by atoms with E-state index in [0.717, 1.165) is 24.8 Å². The molecule has 0 radical (unpaired) electrons. The lowest BCUT2D eigenvalue weighted by Gasteiger charge is -2.38. The maximum Gasteiger partial charge on any atom is 0.165 e.